The number of hydrogen-bond donors (Lipinski definition) is 1. The SMILES string of the molecule is CSCC(C)CNCC1CN(C(C)C)CCO1. The van der Waals surface area contributed by atoms with Gasteiger partial charge in [-0.15, -0.1) is 0 Å². The molecule has 4 heteroatoms. The van der Waals surface area contributed by atoms with Crippen molar-refractivity contribution in [3.05, 3.63) is 0 Å². The second kappa shape index (κ2) is 8.35. The highest BCUT2D eigenvalue weighted by Gasteiger charge is 2.21. The molecule has 2 unspecified atom stereocenters. The number of morpholine rings is 1. The summed E-state index contributed by atoms with van der Waals surface area (Å²) in [5, 5.41) is 3.53. The third-order valence-corrected chi connectivity index (χ3v) is 4.12. The molecule has 0 aliphatic carbocycles. The number of hydrogen-bond acceptors (Lipinski definition) is 4. The highest BCUT2D eigenvalue weighted by Crippen LogP contribution is 2.08. The quantitative estimate of drug-likeness (QED) is 0.753. The van der Waals surface area contributed by atoms with Crippen LogP contribution in [0.2, 0.25) is 0 Å². The van der Waals surface area contributed by atoms with E-state index in [9.17, 15) is 0 Å². The summed E-state index contributed by atoms with van der Waals surface area (Å²) in [5.74, 6) is 1.98. The smallest absolute Gasteiger partial charge is 0.0826 e. The minimum Gasteiger partial charge on any atom is -0.374 e. The molecule has 0 spiro atoms. The Bertz CT molecular complexity index is 202. The number of thioether (sulfide) groups is 1. The average Bonchev–Trinajstić information content (AvgIpc) is 2.30. The first kappa shape index (κ1) is 15.3. The molecule has 17 heavy (non-hydrogen) atoms. The molecular weight excluding hydrogens is 232 g/mol. The molecule has 3 nitrogen and oxygen atoms in total. The predicted octanol–water partition coefficient (Wildman–Crippen LogP) is 1.68. The lowest BCUT2D eigenvalue weighted by atomic mass is 10.2. The number of nitrogens with zero attached hydrogens (tertiary/aromatic N) is 1. The van der Waals surface area contributed by atoms with E-state index in [0.717, 1.165) is 38.7 Å². The number of nitrogens with one attached hydrogen (secondary N) is 1. The Labute approximate surface area is 111 Å². The van der Waals surface area contributed by atoms with E-state index < -0.39 is 0 Å². The molecule has 2 atom stereocenters. The van der Waals surface area contributed by atoms with E-state index in [1.54, 1.807) is 0 Å². The maximum Gasteiger partial charge on any atom is 0.0826 e. The fourth-order valence-electron chi connectivity index (χ4n) is 2.17. The Balaban J connectivity index is 2.14. The summed E-state index contributed by atoms with van der Waals surface area (Å²) in [6.45, 7) is 11.9. The largest absolute Gasteiger partial charge is 0.374 e. The molecule has 1 fully saturated rings. The molecule has 0 aromatic rings. The van der Waals surface area contributed by atoms with Gasteiger partial charge in [0, 0.05) is 25.7 Å². The van der Waals surface area contributed by atoms with Gasteiger partial charge in [-0.1, -0.05) is 6.92 Å². The van der Waals surface area contributed by atoms with Gasteiger partial charge in [-0.3, -0.25) is 4.90 Å². The van der Waals surface area contributed by atoms with Gasteiger partial charge in [0.1, 0.15) is 0 Å². The third-order valence-electron chi connectivity index (χ3n) is 3.22. The van der Waals surface area contributed by atoms with Crippen molar-refractivity contribution in [2.45, 2.75) is 32.9 Å². The molecule has 1 rings (SSSR count). The van der Waals surface area contributed by atoms with Crippen molar-refractivity contribution in [1.29, 1.82) is 0 Å². The Morgan fingerprint density at radius 2 is 2.18 bits per heavy atom. The van der Waals surface area contributed by atoms with Gasteiger partial charge in [-0.25, -0.2) is 0 Å². The maximum atomic E-state index is 5.79. The van der Waals surface area contributed by atoms with Crippen LogP contribution in [0.25, 0.3) is 0 Å². The van der Waals surface area contributed by atoms with Crippen molar-refractivity contribution in [2.75, 3.05) is 44.8 Å². The summed E-state index contributed by atoms with van der Waals surface area (Å²) < 4.78 is 5.79. The first-order valence-corrected chi connectivity index (χ1v) is 8.08. The Morgan fingerprint density at radius 1 is 1.41 bits per heavy atom. The van der Waals surface area contributed by atoms with Crippen LogP contribution in [0.4, 0.5) is 0 Å². The van der Waals surface area contributed by atoms with Crippen LogP contribution in [0.1, 0.15) is 20.8 Å². The normalized spacial score (nSPS) is 24.2. The van der Waals surface area contributed by atoms with E-state index >= 15 is 0 Å². The lowest BCUT2D eigenvalue weighted by Crippen LogP contribution is -2.49. The zero-order valence-electron chi connectivity index (χ0n) is 11.7. The monoisotopic (exact) mass is 260 g/mol. The average molecular weight is 260 g/mol. The highest BCUT2D eigenvalue weighted by molar-refractivity contribution is 7.98. The molecule has 0 amide bonds. The van der Waals surface area contributed by atoms with Crippen molar-refractivity contribution in [2.24, 2.45) is 5.92 Å². The van der Waals surface area contributed by atoms with Gasteiger partial charge in [0.25, 0.3) is 0 Å². The van der Waals surface area contributed by atoms with E-state index in [1.807, 2.05) is 11.8 Å². The van der Waals surface area contributed by atoms with Crippen molar-refractivity contribution in [1.82, 2.24) is 10.2 Å². The molecule has 1 N–H and O–H groups in total. The molecule has 0 radical (unpaired) electrons. The Hall–Kier alpha value is 0.230. The molecule has 1 saturated heterocycles. The van der Waals surface area contributed by atoms with Crippen LogP contribution in [0.15, 0.2) is 0 Å². The molecule has 102 valence electrons. The summed E-state index contributed by atoms with van der Waals surface area (Å²) in [5.41, 5.74) is 0. The van der Waals surface area contributed by atoms with Gasteiger partial charge in [0.2, 0.25) is 0 Å². The van der Waals surface area contributed by atoms with Gasteiger partial charge >= 0.3 is 0 Å². The second-order valence-corrected chi connectivity index (χ2v) is 6.21. The molecule has 0 bridgehead atoms. The first-order chi connectivity index (χ1) is 8.13. The highest BCUT2D eigenvalue weighted by atomic mass is 32.2. The second-order valence-electron chi connectivity index (χ2n) is 5.30. The van der Waals surface area contributed by atoms with Gasteiger partial charge < -0.3 is 10.1 Å². The minimum absolute atomic E-state index is 0.368. The lowest BCUT2D eigenvalue weighted by Gasteiger charge is -2.35. The van der Waals surface area contributed by atoms with Gasteiger partial charge in [0.05, 0.1) is 12.7 Å². The van der Waals surface area contributed by atoms with E-state index in [-0.39, 0.29) is 0 Å². The predicted molar refractivity (Wildman–Crippen MR) is 76.9 cm³/mol. The summed E-state index contributed by atoms with van der Waals surface area (Å²) in [6, 6.07) is 0.636. The summed E-state index contributed by atoms with van der Waals surface area (Å²) in [4.78, 5) is 2.50. The first-order valence-electron chi connectivity index (χ1n) is 6.68. The van der Waals surface area contributed by atoms with E-state index in [1.165, 1.54) is 5.75 Å². The van der Waals surface area contributed by atoms with Crippen LogP contribution in [0.3, 0.4) is 0 Å². The maximum absolute atomic E-state index is 5.79. The topological polar surface area (TPSA) is 24.5 Å². The fourth-order valence-corrected chi connectivity index (χ4v) is 2.86. The van der Waals surface area contributed by atoms with Gasteiger partial charge in [0.15, 0.2) is 0 Å². The van der Waals surface area contributed by atoms with Crippen molar-refractivity contribution in [3.8, 4) is 0 Å². The molecule has 1 aliphatic rings. The van der Waals surface area contributed by atoms with E-state index in [2.05, 4.69) is 37.2 Å². The molecular formula is C13H28N2OS. The molecule has 0 aromatic heterocycles. The lowest BCUT2D eigenvalue weighted by molar-refractivity contribution is -0.0372. The Morgan fingerprint density at radius 3 is 2.82 bits per heavy atom. The number of ether oxygens (including phenoxy) is 1. The van der Waals surface area contributed by atoms with E-state index in [0.29, 0.717) is 12.1 Å². The van der Waals surface area contributed by atoms with E-state index in [4.69, 9.17) is 4.74 Å². The van der Waals surface area contributed by atoms with Crippen LogP contribution in [0.5, 0.6) is 0 Å². The molecule has 0 aromatic carbocycles. The van der Waals surface area contributed by atoms with Crippen molar-refractivity contribution < 1.29 is 4.74 Å². The summed E-state index contributed by atoms with van der Waals surface area (Å²) in [6.07, 6.45) is 2.54. The summed E-state index contributed by atoms with van der Waals surface area (Å²) in [7, 11) is 0. The zero-order valence-corrected chi connectivity index (χ0v) is 12.6. The van der Waals surface area contributed by atoms with Gasteiger partial charge in [-0.2, -0.15) is 11.8 Å². The van der Waals surface area contributed by atoms with Crippen molar-refractivity contribution in [3.63, 3.8) is 0 Å². The molecule has 1 aliphatic heterocycles. The molecule has 0 saturated carbocycles. The Kier molecular flexibility index (Phi) is 7.51. The van der Waals surface area contributed by atoms with Crippen molar-refractivity contribution >= 4 is 11.8 Å². The number of rotatable bonds is 7. The van der Waals surface area contributed by atoms with Crippen LogP contribution < -0.4 is 5.32 Å². The molecule has 1 heterocycles. The zero-order chi connectivity index (χ0) is 12.7. The summed E-state index contributed by atoms with van der Waals surface area (Å²) >= 11 is 1.92. The van der Waals surface area contributed by atoms with Crippen LogP contribution in [0, 0.1) is 5.92 Å². The fraction of sp³-hybridized carbons (Fsp3) is 1.00. The van der Waals surface area contributed by atoms with Gasteiger partial charge in [-0.05, 0) is 38.3 Å². The van der Waals surface area contributed by atoms with Crippen LogP contribution in [-0.4, -0.2) is 61.8 Å². The van der Waals surface area contributed by atoms with Crippen LogP contribution in [-0.2, 0) is 4.74 Å². The standard InChI is InChI=1S/C13H28N2OS/c1-11(2)15-5-6-16-13(9-15)8-14-7-12(3)10-17-4/h11-14H,5-10H2,1-4H3. The van der Waals surface area contributed by atoms with Crippen LogP contribution >= 0.6 is 11.8 Å². The minimum atomic E-state index is 0.368. The third kappa shape index (κ3) is 6.09.